The van der Waals surface area contributed by atoms with E-state index in [4.69, 9.17) is 9.15 Å². The van der Waals surface area contributed by atoms with E-state index in [-0.39, 0.29) is 0 Å². The molecule has 0 saturated heterocycles. The van der Waals surface area contributed by atoms with E-state index in [1.165, 1.54) is 44.9 Å². The summed E-state index contributed by atoms with van der Waals surface area (Å²) in [6, 6.07) is 4.49. The Labute approximate surface area is 116 Å². The van der Waals surface area contributed by atoms with Crippen LogP contribution in [0, 0.1) is 5.92 Å². The molecule has 19 heavy (non-hydrogen) atoms. The third kappa shape index (κ3) is 4.08. The van der Waals surface area contributed by atoms with Crippen molar-refractivity contribution in [3.8, 4) is 0 Å². The molecule has 1 aliphatic carbocycles. The van der Waals surface area contributed by atoms with Gasteiger partial charge in [-0.2, -0.15) is 0 Å². The van der Waals surface area contributed by atoms with Crippen LogP contribution >= 0.6 is 0 Å². The SMILES string of the molecule is CNC(c1ccc(COC)o1)C1CCCCCCC1. The lowest BCUT2D eigenvalue weighted by Gasteiger charge is -2.27. The molecule has 3 heteroatoms. The second-order valence-electron chi connectivity index (χ2n) is 5.61. The van der Waals surface area contributed by atoms with Gasteiger partial charge >= 0.3 is 0 Å². The minimum absolute atomic E-state index is 0.351. The molecule has 1 aromatic heterocycles. The Bertz CT molecular complexity index is 353. The van der Waals surface area contributed by atoms with Gasteiger partial charge in [0.25, 0.3) is 0 Å². The highest BCUT2D eigenvalue weighted by Crippen LogP contribution is 2.33. The van der Waals surface area contributed by atoms with E-state index in [1.54, 1.807) is 7.11 Å². The van der Waals surface area contributed by atoms with Gasteiger partial charge in [0.05, 0.1) is 6.04 Å². The minimum atomic E-state index is 0.351. The van der Waals surface area contributed by atoms with Crippen molar-refractivity contribution < 1.29 is 9.15 Å². The fourth-order valence-corrected chi connectivity index (χ4v) is 3.21. The Morgan fingerprint density at radius 2 is 1.89 bits per heavy atom. The monoisotopic (exact) mass is 265 g/mol. The average Bonchev–Trinajstić information content (AvgIpc) is 2.81. The van der Waals surface area contributed by atoms with Crippen LogP contribution in [0.2, 0.25) is 0 Å². The van der Waals surface area contributed by atoms with Crippen molar-refractivity contribution in [2.75, 3.05) is 14.2 Å². The highest BCUT2D eigenvalue weighted by molar-refractivity contribution is 5.11. The Morgan fingerprint density at radius 1 is 1.21 bits per heavy atom. The van der Waals surface area contributed by atoms with Gasteiger partial charge in [0.1, 0.15) is 18.1 Å². The molecule has 0 radical (unpaired) electrons. The number of rotatable bonds is 5. The summed E-state index contributed by atoms with van der Waals surface area (Å²) in [5.74, 6) is 2.69. The van der Waals surface area contributed by atoms with Gasteiger partial charge in [-0.15, -0.1) is 0 Å². The van der Waals surface area contributed by atoms with Crippen molar-refractivity contribution in [2.24, 2.45) is 5.92 Å². The van der Waals surface area contributed by atoms with Gasteiger partial charge < -0.3 is 14.5 Å². The summed E-state index contributed by atoms with van der Waals surface area (Å²) in [7, 11) is 3.74. The van der Waals surface area contributed by atoms with E-state index >= 15 is 0 Å². The van der Waals surface area contributed by atoms with Crippen LogP contribution in [0.3, 0.4) is 0 Å². The van der Waals surface area contributed by atoms with E-state index in [0.717, 1.165) is 11.5 Å². The molecule has 1 unspecified atom stereocenters. The lowest BCUT2D eigenvalue weighted by atomic mass is 9.85. The maximum atomic E-state index is 5.91. The van der Waals surface area contributed by atoms with Gasteiger partial charge in [0.2, 0.25) is 0 Å². The fraction of sp³-hybridized carbons (Fsp3) is 0.750. The van der Waals surface area contributed by atoms with Gasteiger partial charge in [-0.1, -0.05) is 32.1 Å². The molecule has 0 aromatic carbocycles. The van der Waals surface area contributed by atoms with Crippen molar-refractivity contribution in [1.29, 1.82) is 0 Å². The fourth-order valence-electron chi connectivity index (χ4n) is 3.21. The zero-order valence-electron chi connectivity index (χ0n) is 12.3. The van der Waals surface area contributed by atoms with E-state index in [1.807, 2.05) is 13.1 Å². The van der Waals surface area contributed by atoms with Crippen LogP contribution in [-0.4, -0.2) is 14.2 Å². The van der Waals surface area contributed by atoms with Crippen LogP contribution < -0.4 is 5.32 Å². The van der Waals surface area contributed by atoms with E-state index in [9.17, 15) is 0 Å². The van der Waals surface area contributed by atoms with Gasteiger partial charge in [-0.25, -0.2) is 0 Å². The summed E-state index contributed by atoms with van der Waals surface area (Å²) in [6.07, 6.45) is 9.52. The molecule has 2 rings (SSSR count). The number of hydrogen-bond donors (Lipinski definition) is 1. The summed E-state index contributed by atoms with van der Waals surface area (Å²) in [5.41, 5.74) is 0. The highest BCUT2D eigenvalue weighted by atomic mass is 16.5. The molecule has 1 heterocycles. The van der Waals surface area contributed by atoms with Crippen LogP contribution in [0.15, 0.2) is 16.5 Å². The Hall–Kier alpha value is -0.800. The van der Waals surface area contributed by atoms with Crippen LogP contribution in [0.4, 0.5) is 0 Å². The first-order valence-corrected chi connectivity index (χ1v) is 7.60. The first-order valence-electron chi connectivity index (χ1n) is 7.60. The molecule has 1 aliphatic rings. The minimum Gasteiger partial charge on any atom is -0.462 e. The molecule has 0 spiro atoms. The van der Waals surface area contributed by atoms with Gasteiger partial charge in [-0.05, 0) is 37.9 Å². The Balaban J connectivity index is 2.03. The Morgan fingerprint density at radius 3 is 2.53 bits per heavy atom. The van der Waals surface area contributed by atoms with Crippen LogP contribution in [0.1, 0.15) is 62.5 Å². The quantitative estimate of drug-likeness (QED) is 0.872. The molecule has 1 saturated carbocycles. The predicted molar refractivity (Wildman–Crippen MR) is 77.0 cm³/mol. The number of methoxy groups -OCH3 is 1. The third-order valence-electron chi connectivity index (χ3n) is 4.21. The van der Waals surface area contributed by atoms with Gasteiger partial charge in [0.15, 0.2) is 0 Å². The van der Waals surface area contributed by atoms with Crippen molar-refractivity contribution >= 4 is 0 Å². The summed E-state index contributed by atoms with van der Waals surface area (Å²) in [4.78, 5) is 0. The van der Waals surface area contributed by atoms with Gasteiger partial charge in [0, 0.05) is 7.11 Å². The largest absolute Gasteiger partial charge is 0.462 e. The Kier molecular flexibility index (Phi) is 5.93. The lowest BCUT2D eigenvalue weighted by Crippen LogP contribution is -2.25. The topological polar surface area (TPSA) is 34.4 Å². The summed E-state index contributed by atoms with van der Waals surface area (Å²) >= 11 is 0. The van der Waals surface area contributed by atoms with Crippen molar-refractivity contribution in [3.63, 3.8) is 0 Å². The van der Waals surface area contributed by atoms with E-state index in [0.29, 0.717) is 18.6 Å². The predicted octanol–water partition coefficient (Wildman–Crippen LogP) is 4.05. The summed E-state index contributed by atoms with van der Waals surface area (Å²) in [6.45, 7) is 0.557. The molecule has 3 nitrogen and oxygen atoms in total. The molecule has 108 valence electrons. The normalized spacial score (nSPS) is 19.9. The van der Waals surface area contributed by atoms with Crippen molar-refractivity contribution in [1.82, 2.24) is 5.32 Å². The molecule has 1 atom stereocenters. The first kappa shape index (κ1) is 14.6. The molecule has 1 aromatic rings. The molecule has 1 fully saturated rings. The zero-order valence-corrected chi connectivity index (χ0v) is 12.3. The van der Waals surface area contributed by atoms with Gasteiger partial charge in [-0.3, -0.25) is 0 Å². The second-order valence-corrected chi connectivity index (χ2v) is 5.61. The average molecular weight is 265 g/mol. The third-order valence-corrected chi connectivity index (χ3v) is 4.21. The van der Waals surface area contributed by atoms with Crippen LogP contribution in [-0.2, 0) is 11.3 Å². The molecule has 1 N–H and O–H groups in total. The number of hydrogen-bond acceptors (Lipinski definition) is 3. The van der Waals surface area contributed by atoms with Crippen LogP contribution in [0.25, 0.3) is 0 Å². The van der Waals surface area contributed by atoms with Crippen molar-refractivity contribution in [2.45, 2.75) is 57.6 Å². The van der Waals surface area contributed by atoms with Crippen LogP contribution in [0.5, 0.6) is 0 Å². The lowest BCUT2D eigenvalue weighted by molar-refractivity contribution is 0.159. The maximum Gasteiger partial charge on any atom is 0.129 e. The number of furan rings is 1. The molecule has 0 aliphatic heterocycles. The molecular formula is C16H27NO2. The first-order chi connectivity index (χ1) is 9.35. The van der Waals surface area contributed by atoms with Crippen molar-refractivity contribution in [3.05, 3.63) is 23.7 Å². The van der Waals surface area contributed by atoms with E-state index < -0.39 is 0 Å². The summed E-state index contributed by atoms with van der Waals surface area (Å²) in [5, 5.41) is 3.46. The number of ether oxygens (including phenoxy) is 1. The summed E-state index contributed by atoms with van der Waals surface area (Å²) < 4.78 is 11.0. The zero-order chi connectivity index (χ0) is 13.5. The molecule has 0 amide bonds. The smallest absolute Gasteiger partial charge is 0.129 e. The maximum absolute atomic E-state index is 5.91. The molecule has 0 bridgehead atoms. The van der Waals surface area contributed by atoms with E-state index in [2.05, 4.69) is 11.4 Å². The molecular weight excluding hydrogens is 238 g/mol. The second kappa shape index (κ2) is 7.71. The number of nitrogens with one attached hydrogen (secondary N) is 1. The highest BCUT2D eigenvalue weighted by Gasteiger charge is 2.24. The standard InChI is InChI=1S/C16H27NO2/c1-17-16(13-8-6-4-3-5-7-9-13)15-11-10-14(19-15)12-18-2/h10-11,13,16-17H,3-9,12H2,1-2H3.